The summed E-state index contributed by atoms with van der Waals surface area (Å²) in [6.07, 6.45) is 0. The van der Waals surface area contributed by atoms with Crippen molar-refractivity contribution in [3.8, 4) is 0 Å². The minimum absolute atomic E-state index is 0.446. The maximum absolute atomic E-state index is 4.82. The smallest absolute Gasteiger partial charge is 0.108 e. The molecule has 3 aromatic rings. The van der Waals surface area contributed by atoms with Gasteiger partial charge in [-0.25, -0.2) is 4.98 Å². The topological polar surface area (TPSA) is 19.4 Å². The average molecular weight is 323 g/mol. The zero-order chi connectivity index (χ0) is 15.6. The molecule has 0 aliphatic carbocycles. The van der Waals surface area contributed by atoms with E-state index >= 15 is 0 Å². The monoisotopic (exact) mass is 323 g/mol. The number of nitrogens with zero attached hydrogens (tertiary/aromatic N) is 3. The van der Waals surface area contributed by atoms with Gasteiger partial charge >= 0.3 is 0 Å². The molecule has 1 saturated heterocycles. The molecule has 0 bridgehead atoms. The van der Waals surface area contributed by atoms with Crippen molar-refractivity contribution in [1.29, 1.82) is 0 Å². The Morgan fingerprint density at radius 2 is 1.83 bits per heavy atom. The fourth-order valence-corrected chi connectivity index (χ4v) is 4.29. The predicted molar refractivity (Wildman–Crippen MR) is 96.7 cm³/mol. The molecule has 1 aromatic heterocycles. The molecule has 1 aliphatic heterocycles. The molecule has 1 fully saturated rings. The first-order valence-electron chi connectivity index (χ1n) is 8.11. The summed E-state index contributed by atoms with van der Waals surface area (Å²) in [6, 6.07) is 19.7. The van der Waals surface area contributed by atoms with Crippen molar-refractivity contribution in [2.75, 3.05) is 26.7 Å². The largest absolute Gasteiger partial charge is 0.303 e. The highest BCUT2D eigenvalue weighted by Gasteiger charge is 2.27. The molecule has 4 heteroatoms. The Bertz CT molecular complexity index is 750. The summed E-state index contributed by atoms with van der Waals surface area (Å²) in [7, 11) is 2.21. The molecule has 0 amide bonds. The van der Waals surface area contributed by atoms with E-state index in [1.54, 1.807) is 0 Å². The maximum atomic E-state index is 4.82. The van der Waals surface area contributed by atoms with E-state index in [9.17, 15) is 0 Å². The van der Waals surface area contributed by atoms with Crippen LogP contribution in [-0.2, 0) is 6.54 Å². The van der Waals surface area contributed by atoms with Crippen molar-refractivity contribution in [1.82, 2.24) is 14.8 Å². The standard InChI is InChI=1S/C19H21N3S/c1-21-11-12-22(17(13-21)15-7-3-2-4-8-15)14-19-20-16-9-5-6-10-18(16)23-19/h2-10,17H,11-14H2,1H3. The van der Waals surface area contributed by atoms with E-state index in [1.165, 1.54) is 15.3 Å². The third-order valence-electron chi connectivity index (χ3n) is 4.56. The molecule has 2 aromatic carbocycles. The van der Waals surface area contributed by atoms with E-state index < -0.39 is 0 Å². The Labute approximate surface area is 141 Å². The molecule has 4 rings (SSSR count). The van der Waals surface area contributed by atoms with Crippen LogP contribution in [0.25, 0.3) is 10.2 Å². The SMILES string of the molecule is CN1CCN(Cc2nc3ccccc3s2)C(c2ccccc2)C1. The highest BCUT2D eigenvalue weighted by Crippen LogP contribution is 2.29. The van der Waals surface area contributed by atoms with Gasteiger partial charge in [-0.2, -0.15) is 0 Å². The lowest BCUT2D eigenvalue weighted by Crippen LogP contribution is -2.46. The van der Waals surface area contributed by atoms with Crippen LogP contribution in [0.1, 0.15) is 16.6 Å². The molecule has 0 spiro atoms. The van der Waals surface area contributed by atoms with Crippen LogP contribution in [0.15, 0.2) is 54.6 Å². The quantitative estimate of drug-likeness (QED) is 0.731. The fourth-order valence-electron chi connectivity index (χ4n) is 3.30. The van der Waals surface area contributed by atoms with Gasteiger partial charge in [0.2, 0.25) is 0 Å². The van der Waals surface area contributed by atoms with Gasteiger partial charge < -0.3 is 4.90 Å². The zero-order valence-electron chi connectivity index (χ0n) is 13.4. The van der Waals surface area contributed by atoms with Gasteiger partial charge in [0.1, 0.15) is 5.01 Å². The third-order valence-corrected chi connectivity index (χ3v) is 5.58. The first-order chi connectivity index (χ1) is 11.3. The van der Waals surface area contributed by atoms with E-state index in [0.29, 0.717) is 6.04 Å². The van der Waals surface area contributed by atoms with Gasteiger partial charge in [0.05, 0.1) is 16.8 Å². The van der Waals surface area contributed by atoms with Crippen LogP contribution in [0.5, 0.6) is 0 Å². The summed E-state index contributed by atoms with van der Waals surface area (Å²) in [6.45, 7) is 4.22. The summed E-state index contributed by atoms with van der Waals surface area (Å²) in [4.78, 5) is 9.82. The number of hydrogen-bond donors (Lipinski definition) is 0. The van der Waals surface area contributed by atoms with Gasteiger partial charge in [-0.05, 0) is 24.7 Å². The number of thiazole rings is 1. The van der Waals surface area contributed by atoms with Crippen molar-refractivity contribution in [3.05, 3.63) is 65.2 Å². The van der Waals surface area contributed by atoms with Crippen molar-refractivity contribution < 1.29 is 0 Å². The highest BCUT2D eigenvalue weighted by molar-refractivity contribution is 7.18. The minimum atomic E-state index is 0.446. The predicted octanol–water partition coefficient (Wildman–Crippen LogP) is 3.79. The van der Waals surface area contributed by atoms with Gasteiger partial charge in [0.15, 0.2) is 0 Å². The molecular formula is C19H21N3S. The second kappa shape index (κ2) is 6.40. The Morgan fingerprint density at radius 1 is 1.04 bits per heavy atom. The Kier molecular flexibility index (Phi) is 4.12. The first-order valence-corrected chi connectivity index (χ1v) is 8.93. The maximum Gasteiger partial charge on any atom is 0.108 e. The van der Waals surface area contributed by atoms with Gasteiger partial charge in [-0.3, -0.25) is 4.90 Å². The average Bonchev–Trinajstić information content (AvgIpc) is 2.99. The number of benzene rings is 2. The Balaban J connectivity index is 1.60. The van der Waals surface area contributed by atoms with Crippen LogP contribution in [0, 0.1) is 0 Å². The van der Waals surface area contributed by atoms with E-state index in [2.05, 4.69) is 71.4 Å². The first kappa shape index (κ1) is 14.8. The lowest BCUT2D eigenvalue weighted by molar-refractivity contribution is 0.0833. The third kappa shape index (κ3) is 3.15. The highest BCUT2D eigenvalue weighted by atomic mass is 32.1. The van der Waals surface area contributed by atoms with Crippen LogP contribution in [0.3, 0.4) is 0 Å². The van der Waals surface area contributed by atoms with Crippen LogP contribution in [-0.4, -0.2) is 41.5 Å². The van der Waals surface area contributed by atoms with E-state index in [-0.39, 0.29) is 0 Å². The lowest BCUT2D eigenvalue weighted by Gasteiger charge is -2.40. The van der Waals surface area contributed by atoms with Gasteiger partial charge in [-0.1, -0.05) is 42.5 Å². The zero-order valence-corrected chi connectivity index (χ0v) is 14.2. The molecule has 0 saturated carbocycles. The Morgan fingerprint density at radius 3 is 2.65 bits per heavy atom. The summed E-state index contributed by atoms with van der Waals surface area (Å²) < 4.78 is 1.29. The molecular weight excluding hydrogens is 302 g/mol. The number of piperazine rings is 1. The molecule has 23 heavy (non-hydrogen) atoms. The summed E-state index contributed by atoms with van der Waals surface area (Å²) in [5.41, 5.74) is 2.53. The normalized spacial score (nSPS) is 20.1. The van der Waals surface area contributed by atoms with Crippen molar-refractivity contribution >= 4 is 21.6 Å². The second-order valence-corrected chi connectivity index (χ2v) is 7.35. The summed E-state index contributed by atoms with van der Waals surface area (Å²) >= 11 is 1.82. The van der Waals surface area contributed by atoms with E-state index in [0.717, 1.165) is 31.7 Å². The number of fused-ring (bicyclic) bond motifs is 1. The molecule has 3 nitrogen and oxygen atoms in total. The number of para-hydroxylation sites is 1. The van der Waals surface area contributed by atoms with E-state index in [4.69, 9.17) is 4.98 Å². The van der Waals surface area contributed by atoms with Gasteiger partial charge in [0.25, 0.3) is 0 Å². The molecule has 0 N–H and O–H groups in total. The van der Waals surface area contributed by atoms with Crippen molar-refractivity contribution in [2.45, 2.75) is 12.6 Å². The molecule has 1 unspecified atom stereocenters. The molecule has 118 valence electrons. The van der Waals surface area contributed by atoms with Crippen LogP contribution in [0.2, 0.25) is 0 Å². The summed E-state index contributed by atoms with van der Waals surface area (Å²) in [5.74, 6) is 0. The van der Waals surface area contributed by atoms with Crippen LogP contribution in [0.4, 0.5) is 0 Å². The van der Waals surface area contributed by atoms with Crippen molar-refractivity contribution in [2.24, 2.45) is 0 Å². The molecule has 1 atom stereocenters. The minimum Gasteiger partial charge on any atom is -0.303 e. The summed E-state index contributed by atoms with van der Waals surface area (Å²) in [5, 5.41) is 1.22. The molecule has 2 heterocycles. The number of likely N-dealkylation sites (N-methyl/N-ethyl adjacent to an activating group) is 1. The second-order valence-electron chi connectivity index (χ2n) is 6.23. The van der Waals surface area contributed by atoms with Gasteiger partial charge in [0, 0.05) is 25.7 Å². The number of rotatable bonds is 3. The van der Waals surface area contributed by atoms with Crippen molar-refractivity contribution in [3.63, 3.8) is 0 Å². The van der Waals surface area contributed by atoms with Gasteiger partial charge in [-0.15, -0.1) is 11.3 Å². The number of hydrogen-bond acceptors (Lipinski definition) is 4. The Hall–Kier alpha value is -1.75. The molecule has 1 aliphatic rings. The lowest BCUT2D eigenvalue weighted by atomic mass is 10.0. The van der Waals surface area contributed by atoms with E-state index in [1.807, 2.05) is 11.3 Å². The van der Waals surface area contributed by atoms with Crippen LogP contribution >= 0.6 is 11.3 Å². The van der Waals surface area contributed by atoms with Crippen LogP contribution < -0.4 is 0 Å². The molecule has 0 radical (unpaired) electrons. The fraction of sp³-hybridized carbons (Fsp3) is 0.316. The number of aromatic nitrogens is 1.